The van der Waals surface area contributed by atoms with Crippen LogP contribution in [0.2, 0.25) is 0 Å². The molecule has 0 saturated carbocycles. The van der Waals surface area contributed by atoms with Gasteiger partial charge in [0.05, 0.1) is 19.8 Å². The van der Waals surface area contributed by atoms with Gasteiger partial charge in [0.15, 0.2) is 0 Å². The number of hydrogen-bond acceptors (Lipinski definition) is 5. The average Bonchev–Trinajstić information content (AvgIpc) is 2.31. The van der Waals surface area contributed by atoms with Gasteiger partial charge in [-0.3, -0.25) is 5.41 Å². The molecule has 16 heavy (non-hydrogen) atoms. The van der Waals surface area contributed by atoms with E-state index < -0.39 is 11.9 Å². The Morgan fingerprint density at radius 2 is 2.25 bits per heavy atom. The van der Waals surface area contributed by atoms with Crippen LogP contribution in [0.3, 0.4) is 0 Å². The maximum Gasteiger partial charge on any atom is 0.352 e. The number of carbonyl (C=O) groups is 1. The summed E-state index contributed by atoms with van der Waals surface area (Å²) in [6.45, 7) is 7.42. The molecular weight excluding hydrogens is 210 g/mol. The van der Waals surface area contributed by atoms with E-state index in [9.17, 15) is 4.79 Å². The number of nitrogens with one attached hydrogen (secondary N) is 1. The molecule has 0 aliphatic rings. The Hall–Kier alpha value is -1.20. The van der Waals surface area contributed by atoms with E-state index >= 15 is 0 Å². The molecular formula is C11H18NO4. The molecule has 0 aliphatic heterocycles. The van der Waals surface area contributed by atoms with Crippen LogP contribution in [0.25, 0.3) is 0 Å². The molecule has 0 aromatic heterocycles. The minimum atomic E-state index is -0.679. The third kappa shape index (κ3) is 5.63. The van der Waals surface area contributed by atoms with Gasteiger partial charge in [-0.1, -0.05) is 19.6 Å². The average molecular weight is 228 g/mol. The van der Waals surface area contributed by atoms with Crippen molar-refractivity contribution in [1.29, 1.82) is 5.41 Å². The van der Waals surface area contributed by atoms with Crippen LogP contribution in [0.1, 0.15) is 6.42 Å². The Bertz CT molecular complexity index is 240. The fraction of sp³-hybridized carbons (Fsp3) is 0.545. The second-order valence-corrected chi connectivity index (χ2v) is 3.08. The van der Waals surface area contributed by atoms with Gasteiger partial charge in [-0.2, -0.15) is 0 Å². The fourth-order valence-corrected chi connectivity index (χ4v) is 0.980. The molecule has 1 atom stereocenters. The summed E-state index contributed by atoms with van der Waals surface area (Å²) in [5.74, 6) is -1.08. The lowest BCUT2D eigenvalue weighted by Crippen LogP contribution is -2.28. The molecule has 0 heterocycles. The molecule has 0 saturated heterocycles. The maximum atomic E-state index is 11.3. The van der Waals surface area contributed by atoms with Gasteiger partial charge in [0.25, 0.3) is 0 Å². The number of aliphatic hydroxyl groups excluding tert-OH is 1. The molecule has 0 bridgehead atoms. The summed E-state index contributed by atoms with van der Waals surface area (Å²) in [7, 11) is 0. The van der Waals surface area contributed by atoms with Gasteiger partial charge in [-0.05, 0) is 6.42 Å². The van der Waals surface area contributed by atoms with Crippen molar-refractivity contribution in [3.63, 3.8) is 0 Å². The molecule has 0 spiro atoms. The molecule has 1 unspecified atom stereocenters. The third-order valence-electron chi connectivity index (χ3n) is 1.86. The van der Waals surface area contributed by atoms with Crippen LogP contribution < -0.4 is 0 Å². The zero-order valence-electron chi connectivity index (χ0n) is 9.28. The number of carbonyl (C=O) groups excluding carboxylic acids is 1. The van der Waals surface area contributed by atoms with E-state index in [1.54, 1.807) is 0 Å². The van der Waals surface area contributed by atoms with Crippen LogP contribution in [0, 0.1) is 18.3 Å². The number of hydrogen-bond donors (Lipinski definition) is 2. The predicted octanol–water partition coefficient (Wildman–Crippen LogP) is 0.585. The van der Waals surface area contributed by atoms with Crippen molar-refractivity contribution in [2.45, 2.75) is 6.42 Å². The summed E-state index contributed by atoms with van der Waals surface area (Å²) in [6, 6.07) is 0. The highest BCUT2D eigenvalue weighted by Gasteiger charge is 2.20. The first kappa shape index (κ1) is 14.8. The molecule has 0 aliphatic carbocycles. The highest BCUT2D eigenvalue weighted by molar-refractivity contribution is 6.35. The molecule has 0 amide bonds. The zero-order chi connectivity index (χ0) is 12.4. The van der Waals surface area contributed by atoms with Crippen molar-refractivity contribution >= 4 is 11.7 Å². The van der Waals surface area contributed by atoms with E-state index in [-0.39, 0.29) is 32.1 Å². The Labute approximate surface area is 95.6 Å². The van der Waals surface area contributed by atoms with Crippen LogP contribution in [0.15, 0.2) is 12.7 Å². The van der Waals surface area contributed by atoms with Crippen molar-refractivity contribution in [1.82, 2.24) is 0 Å². The highest BCUT2D eigenvalue weighted by atomic mass is 16.5. The Balaban J connectivity index is 4.07. The predicted molar refractivity (Wildman–Crippen MR) is 60.3 cm³/mol. The SMILES string of the molecule is [CH2]CC(COCCO)C(=N)C(=O)OCC=C. The maximum absolute atomic E-state index is 11.3. The van der Waals surface area contributed by atoms with Gasteiger partial charge in [0, 0.05) is 5.92 Å². The zero-order valence-corrected chi connectivity index (χ0v) is 9.28. The summed E-state index contributed by atoms with van der Waals surface area (Å²) in [5.41, 5.74) is -0.158. The Morgan fingerprint density at radius 1 is 1.56 bits per heavy atom. The van der Waals surface area contributed by atoms with E-state index in [2.05, 4.69) is 13.5 Å². The van der Waals surface area contributed by atoms with Crippen LogP contribution in [-0.2, 0) is 14.3 Å². The molecule has 91 valence electrons. The largest absolute Gasteiger partial charge is 0.457 e. The minimum Gasteiger partial charge on any atom is -0.457 e. The van der Waals surface area contributed by atoms with E-state index in [4.69, 9.17) is 20.0 Å². The van der Waals surface area contributed by atoms with Gasteiger partial charge in [0.2, 0.25) is 0 Å². The quantitative estimate of drug-likeness (QED) is 0.262. The van der Waals surface area contributed by atoms with E-state index in [1.807, 2.05) is 0 Å². The molecule has 0 aromatic carbocycles. The van der Waals surface area contributed by atoms with Gasteiger partial charge in [0.1, 0.15) is 12.3 Å². The standard InChI is InChI=1S/C11H18NO4/c1-3-6-16-11(14)10(12)9(4-2)8-15-7-5-13/h3,9,12-13H,1-2,4-8H2. The van der Waals surface area contributed by atoms with Gasteiger partial charge >= 0.3 is 5.97 Å². The summed E-state index contributed by atoms with van der Waals surface area (Å²) < 4.78 is 9.78. The van der Waals surface area contributed by atoms with E-state index in [0.717, 1.165) is 0 Å². The first-order valence-electron chi connectivity index (χ1n) is 5.01. The second kappa shape index (κ2) is 9.06. The number of ether oxygens (including phenoxy) is 2. The summed E-state index contributed by atoms with van der Waals surface area (Å²) in [4.78, 5) is 11.3. The van der Waals surface area contributed by atoms with Gasteiger partial charge in [-0.15, -0.1) is 0 Å². The second-order valence-electron chi connectivity index (χ2n) is 3.08. The molecule has 5 nitrogen and oxygen atoms in total. The lowest BCUT2D eigenvalue weighted by Gasteiger charge is -2.14. The fourth-order valence-electron chi connectivity index (χ4n) is 0.980. The van der Waals surface area contributed by atoms with Crippen molar-refractivity contribution in [2.24, 2.45) is 5.92 Å². The van der Waals surface area contributed by atoms with Crippen LogP contribution in [-0.4, -0.2) is 43.2 Å². The summed E-state index contributed by atoms with van der Waals surface area (Å²) in [5, 5.41) is 16.1. The summed E-state index contributed by atoms with van der Waals surface area (Å²) >= 11 is 0. The van der Waals surface area contributed by atoms with Gasteiger partial charge < -0.3 is 14.6 Å². The molecule has 0 aromatic rings. The van der Waals surface area contributed by atoms with E-state index in [1.165, 1.54) is 6.08 Å². The number of aliphatic hydroxyl groups is 1. The first-order valence-corrected chi connectivity index (χ1v) is 5.01. The van der Waals surface area contributed by atoms with Crippen molar-refractivity contribution < 1.29 is 19.4 Å². The van der Waals surface area contributed by atoms with Gasteiger partial charge in [-0.25, -0.2) is 4.79 Å². The molecule has 5 heteroatoms. The topological polar surface area (TPSA) is 79.6 Å². The Kier molecular flexibility index (Phi) is 8.38. The van der Waals surface area contributed by atoms with Crippen molar-refractivity contribution in [2.75, 3.05) is 26.4 Å². The smallest absolute Gasteiger partial charge is 0.352 e. The lowest BCUT2D eigenvalue weighted by atomic mass is 10.0. The van der Waals surface area contributed by atoms with Crippen LogP contribution in [0.4, 0.5) is 0 Å². The van der Waals surface area contributed by atoms with Crippen LogP contribution in [0.5, 0.6) is 0 Å². The first-order chi connectivity index (χ1) is 7.67. The monoisotopic (exact) mass is 228 g/mol. The van der Waals surface area contributed by atoms with E-state index in [0.29, 0.717) is 6.42 Å². The lowest BCUT2D eigenvalue weighted by molar-refractivity contribution is -0.134. The molecule has 1 radical (unpaired) electrons. The van der Waals surface area contributed by atoms with Crippen molar-refractivity contribution in [3.05, 3.63) is 19.6 Å². The number of esters is 1. The highest BCUT2D eigenvalue weighted by Crippen LogP contribution is 2.06. The minimum absolute atomic E-state index is 0.0852. The molecule has 0 fully saturated rings. The molecule has 0 rings (SSSR count). The third-order valence-corrected chi connectivity index (χ3v) is 1.86. The normalized spacial score (nSPS) is 11.9. The Morgan fingerprint density at radius 3 is 2.75 bits per heavy atom. The molecule has 2 N–H and O–H groups in total. The van der Waals surface area contributed by atoms with Crippen molar-refractivity contribution in [3.8, 4) is 0 Å². The van der Waals surface area contributed by atoms with Crippen LogP contribution >= 0.6 is 0 Å². The summed E-state index contributed by atoms with van der Waals surface area (Å²) in [6.07, 6.45) is 1.81. The number of rotatable bonds is 9.